The lowest BCUT2D eigenvalue weighted by molar-refractivity contribution is -0.133. The Balaban J connectivity index is 1.59. The maximum absolute atomic E-state index is 13.8. The molecule has 1 fully saturated rings. The fourth-order valence-electron chi connectivity index (χ4n) is 5.56. The highest BCUT2D eigenvalue weighted by Crippen LogP contribution is 2.48. The van der Waals surface area contributed by atoms with Crippen molar-refractivity contribution in [3.05, 3.63) is 65.4 Å². The third-order valence-electron chi connectivity index (χ3n) is 7.18. The van der Waals surface area contributed by atoms with E-state index in [1.807, 2.05) is 67.3 Å². The van der Waals surface area contributed by atoms with Gasteiger partial charge >= 0.3 is 6.03 Å². The van der Waals surface area contributed by atoms with Crippen molar-refractivity contribution in [2.75, 3.05) is 19.7 Å². The summed E-state index contributed by atoms with van der Waals surface area (Å²) in [5, 5.41) is 4.42. The highest BCUT2D eigenvalue weighted by atomic mass is 16.5. The Kier molecular flexibility index (Phi) is 6.05. The molecule has 2 atom stereocenters. The molecule has 3 amide bonds. The Morgan fingerprint density at radius 1 is 1.17 bits per heavy atom. The maximum atomic E-state index is 13.8. The number of aromatic nitrogens is 1. The van der Waals surface area contributed by atoms with Crippen LogP contribution in [-0.2, 0) is 11.2 Å². The molecule has 1 aromatic heterocycles. The molecule has 0 unspecified atom stereocenters. The molecule has 35 heavy (non-hydrogen) atoms. The highest BCUT2D eigenvalue weighted by molar-refractivity contribution is 6.08. The summed E-state index contributed by atoms with van der Waals surface area (Å²) in [5.41, 5.74) is 3.08. The van der Waals surface area contributed by atoms with E-state index < -0.39 is 5.54 Å². The Hall–Kier alpha value is -3.32. The number of nitrogens with one attached hydrogen (secondary N) is 2. The molecule has 3 aromatic rings. The van der Waals surface area contributed by atoms with Crippen LogP contribution in [0, 0.1) is 0 Å². The van der Waals surface area contributed by atoms with Gasteiger partial charge < -0.3 is 15.0 Å². The number of ether oxygens (including phenoxy) is 1. The van der Waals surface area contributed by atoms with Crippen LogP contribution in [0.1, 0.15) is 57.0 Å². The Morgan fingerprint density at radius 2 is 1.94 bits per heavy atom. The van der Waals surface area contributed by atoms with Gasteiger partial charge in [0.15, 0.2) is 0 Å². The summed E-state index contributed by atoms with van der Waals surface area (Å²) in [7, 11) is 0. The van der Waals surface area contributed by atoms with Crippen LogP contribution in [0.25, 0.3) is 10.9 Å². The molecule has 3 heterocycles. The smallest absolute Gasteiger partial charge is 0.328 e. The monoisotopic (exact) mass is 474 g/mol. The van der Waals surface area contributed by atoms with Gasteiger partial charge in [0.25, 0.3) is 5.91 Å². The summed E-state index contributed by atoms with van der Waals surface area (Å²) in [4.78, 5) is 34.5. The molecule has 2 aliphatic heterocycles. The van der Waals surface area contributed by atoms with E-state index in [2.05, 4.69) is 24.1 Å². The molecule has 7 heteroatoms. The van der Waals surface area contributed by atoms with Crippen molar-refractivity contribution in [2.45, 2.75) is 58.2 Å². The number of hydrogen-bond donors (Lipinski definition) is 2. The van der Waals surface area contributed by atoms with Gasteiger partial charge in [0.2, 0.25) is 0 Å². The molecule has 7 nitrogen and oxygen atoms in total. The van der Waals surface area contributed by atoms with Gasteiger partial charge in [-0.2, -0.15) is 0 Å². The fraction of sp³-hybridized carbons (Fsp3) is 0.429. The van der Waals surface area contributed by atoms with Crippen molar-refractivity contribution >= 4 is 22.8 Å². The lowest BCUT2D eigenvalue weighted by Crippen LogP contribution is -2.53. The van der Waals surface area contributed by atoms with E-state index in [0.717, 1.165) is 46.4 Å². The first-order valence-electron chi connectivity index (χ1n) is 12.6. The van der Waals surface area contributed by atoms with Crippen molar-refractivity contribution in [3.8, 4) is 5.75 Å². The molecular weight excluding hydrogens is 440 g/mol. The third kappa shape index (κ3) is 3.88. The number of carbonyl (C=O) groups excluding carboxylic acids is 2. The zero-order valence-electron chi connectivity index (χ0n) is 20.9. The Bertz CT molecular complexity index is 1250. The molecule has 184 valence electrons. The first-order chi connectivity index (χ1) is 16.8. The van der Waals surface area contributed by atoms with Gasteiger partial charge in [-0.3, -0.25) is 14.6 Å². The first kappa shape index (κ1) is 23.4. The number of hydrogen-bond acceptors (Lipinski definition) is 4. The predicted octanol–water partition coefficient (Wildman–Crippen LogP) is 4.62. The number of urea groups is 1. The summed E-state index contributed by atoms with van der Waals surface area (Å²) in [6.07, 6.45) is 1.19. The molecule has 2 aliphatic rings. The zero-order valence-corrected chi connectivity index (χ0v) is 20.9. The molecule has 0 aliphatic carbocycles. The van der Waals surface area contributed by atoms with E-state index in [0.29, 0.717) is 25.6 Å². The number of benzene rings is 2. The minimum atomic E-state index is -0.952. The predicted molar refractivity (Wildman–Crippen MR) is 137 cm³/mol. The highest BCUT2D eigenvalue weighted by Gasteiger charge is 2.59. The van der Waals surface area contributed by atoms with Crippen LogP contribution < -0.4 is 10.1 Å². The molecule has 0 radical (unpaired) electrons. The fourth-order valence-corrected chi connectivity index (χ4v) is 5.56. The minimum Gasteiger partial charge on any atom is -0.494 e. The summed E-state index contributed by atoms with van der Waals surface area (Å²) >= 11 is 0. The van der Waals surface area contributed by atoms with Gasteiger partial charge in [-0.1, -0.05) is 44.2 Å². The largest absolute Gasteiger partial charge is 0.494 e. The number of nitrogens with zero attached hydrogens (tertiary/aromatic N) is 2. The van der Waals surface area contributed by atoms with E-state index in [4.69, 9.17) is 4.74 Å². The lowest BCUT2D eigenvalue weighted by Gasteiger charge is -2.42. The first-order valence-corrected chi connectivity index (χ1v) is 12.6. The van der Waals surface area contributed by atoms with Crippen molar-refractivity contribution in [3.63, 3.8) is 0 Å². The number of imide groups is 1. The van der Waals surface area contributed by atoms with Crippen LogP contribution in [0.2, 0.25) is 0 Å². The standard InChI is InChI=1S/C28H34N4O3/c1-5-35-20-12-13-23-21(16-20)22-17-28(4)26(33)31(15-9-14-29-18(2)3)27(34)32(28)25(24(22)30-23)19-10-7-6-8-11-19/h6-8,10-13,16,18,25,29-30H,5,9,14-15,17H2,1-4H3/t25-,28+/m1/s1. The molecule has 1 saturated heterocycles. The summed E-state index contributed by atoms with van der Waals surface area (Å²) < 4.78 is 5.76. The normalized spacial score (nSPS) is 21.7. The van der Waals surface area contributed by atoms with Gasteiger partial charge in [0, 0.05) is 35.6 Å². The zero-order chi connectivity index (χ0) is 24.7. The summed E-state index contributed by atoms with van der Waals surface area (Å²) in [6, 6.07) is 15.8. The van der Waals surface area contributed by atoms with Crippen LogP contribution in [0.3, 0.4) is 0 Å². The maximum Gasteiger partial charge on any atom is 0.328 e. The average Bonchev–Trinajstić information content (AvgIpc) is 3.28. The number of H-pyrrole nitrogens is 1. The molecule has 0 bridgehead atoms. The van der Waals surface area contributed by atoms with Crippen molar-refractivity contribution in [1.29, 1.82) is 0 Å². The number of rotatable bonds is 8. The number of aromatic amines is 1. The van der Waals surface area contributed by atoms with Gasteiger partial charge in [0.1, 0.15) is 17.3 Å². The second-order valence-corrected chi connectivity index (χ2v) is 9.99. The van der Waals surface area contributed by atoms with E-state index in [9.17, 15) is 9.59 Å². The minimum absolute atomic E-state index is 0.117. The van der Waals surface area contributed by atoms with E-state index in [-0.39, 0.29) is 18.0 Å². The van der Waals surface area contributed by atoms with Crippen LogP contribution in [0.4, 0.5) is 4.79 Å². The van der Waals surface area contributed by atoms with Crippen LogP contribution in [0.5, 0.6) is 5.75 Å². The number of fused-ring (bicyclic) bond motifs is 4. The molecule has 2 N–H and O–H groups in total. The SMILES string of the molecule is CCOc1ccc2[nH]c3c(c2c1)C[C@@]1(C)C(=O)N(CCCNC(C)C)C(=O)N1[C@@H]3c1ccccc1. The summed E-state index contributed by atoms with van der Waals surface area (Å²) in [5.74, 6) is 0.688. The van der Waals surface area contributed by atoms with E-state index >= 15 is 0 Å². The second-order valence-electron chi connectivity index (χ2n) is 9.99. The molecular formula is C28H34N4O3. The van der Waals surface area contributed by atoms with Crippen LogP contribution >= 0.6 is 0 Å². The van der Waals surface area contributed by atoms with Gasteiger partial charge in [-0.05, 0) is 56.1 Å². The van der Waals surface area contributed by atoms with Crippen LogP contribution in [0.15, 0.2) is 48.5 Å². The number of carbonyl (C=O) groups is 2. The molecule has 0 spiro atoms. The second kappa shape index (κ2) is 9.04. The average molecular weight is 475 g/mol. The van der Waals surface area contributed by atoms with E-state index in [1.165, 1.54) is 4.90 Å². The Morgan fingerprint density at radius 3 is 2.66 bits per heavy atom. The quantitative estimate of drug-likeness (QED) is 0.369. The van der Waals surface area contributed by atoms with Crippen molar-refractivity contribution in [1.82, 2.24) is 20.1 Å². The molecule has 5 rings (SSSR count). The van der Waals surface area contributed by atoms with Gasteiger partial charge in [0.05, 0.1) is 6.61 Å². The molecule has 0 saturated carbocycles. The van der Waals surface area contributed by atoms with Crippen molar-refractivity contribution < 1.29 is 14.3 Å². The topological polar surface area (TPSA) is 77.7 Å². The van der Waals surface area contributed by atoms with Gasteiger partial charge in [-0.15, -0.1) is 0 Å². The number of amides is 3. The third-order valence-corrected chi connectivity index (χ3v) is 7.18. The lowest BCUT2D eigenvalue weighted by atomic mass is 9.81. The van der Waals surface area contributed by atoms with Gasteiger partial charge in [-0.25, -0.2) is 4.79 Å². The Labute approximate surface area is 206 Å². The van der Waals surface area contributed by atoms with E-state index in [1.54, 1.807) is 0 Å². The molecule has 2 aromatic carbocycles. The summed E-state index contributed by atoms with van der Waals surface area (Å²) in [6.45, 7) is 9.83. The van der Waals surface area contributed by atoms with Crippen molar-refractivity contribution in [2.24, 2.45) is 0 Å². The van der Waals surface area contributed by atoms with Crippen LogP contribution in [-0.4, -0.2) is 58.0 Å².